The average Bonchev–Trinajstić information content (AvgIpc) is 2.49. The molecule has 0 unspecified atom stereocenters. The van der Waals surface area contributed by atoms with Gasteiger partial charge in [-0.1, -0.05) is 45.4 Å². The molecule has 0 aromatic heterocycles. The number of benzene rings is 1. The molecule has 0 amide bonds. The topological polar surface area (TPSA) is 63.6 Å². The van der Waals surface area contributed by atoms with Crippen molar-refractivity contribution in [2.75, 3.05) is 6.61 Å². The van der Waals surface area contributed by atoms with Crippen LogP contribution in [0.4, 0.5) is 4.39 Å². The lowest BCUT2D eigenvalue weighted by molar-refractivity contribution is -0.135. The van der Waals surface area contributed by atoms with Crippen LogP contribution in [0.25, 0.3) is 0 Å². The summed E-state index contributed by atoms with van der Waals surface area (Å²) in [5.41, 5.74) is -0.212. The molecule has 4 nitrogen and oxygen atoms in total. The van der Waals surface area contributed by atoms with Gasteiger partial charge in [-0.3, -0.25) is 9.59 Å². The molecule has 1 aromatic rings. The minimum atomic E-state index is -1.27. The fraction of sp³-hybridized carbons (Fsp3) is 0.556. The molecule has 0 heterocycles. The number of carboxylic acids is 1. The predicted octanol–water partition coefficient (Wildman–Crippen LogP) is 4.61. The van der Waals surface area contributed by atoms with Crippen molar-refractivity contribution in [1.82, 2.24) is 0 Å². The van der Waals surface area contributed by atoms with Crippen LogP contribution >= 0.6 is 0 Å². The van der Waals surface area contributed by atoms with Gasteiger partial charge >= 0.3 is 5.97 Å². The summed E-state index contributed by atoms with van der Waals surface area (Å²) in [6, 6.07) is 3.91. The SMILES string of the molecule is CCCCCCCCCOc1ccc(C(=O)CC(=O)O)c(F)c1. The first-order chi connectivity index (χ1) is 11.0. The number of aliphatic carboxylic acids is 1. The fourth-order valence-corrected chi connectivity index (χ4v) is 2.29. The molecule has 0 aliphatic carbocycles. The third-order valence-electron chi connectivity index (χ3n) is 3.57. The number of ether oxygens (including phenoxy) is 1. The molecular weight excluding hydrogens is 299 g/mol. The highest BCUT2D eigenvalue weighted by Gasteiger charge is 2.15. The summed E-state index contributed by atoms with van der Waals surface area (Å²) in [5, 5.41) is 8.56. The summed E-state index contributed by atoms with van der Waals surface area (Å²) in [4.78, 5) is 22.0. The van der Waals surface area contributed by atoms with Gasteiger partial charge in [-0.2, -0.15) is 0 Å². The molecule has 5 heteroatoms. The number of Topliss-reactive ketones (excluding diaryl/α,β-unsaturated/α-hetero) is 1. The molecule has 0 fully saturated rings. The summed E-state index contributed by atoms with van der Waals surface area (Å²) in [6.45, 7) is 2.70. The van der Waals surface area contributed by atoms with Gasteiger partial charge in [-0.05, 0) is 18.6 Å². The molecule has 0 radical (unpaired) electrons. The molecule has 0 saturated carbocycles. The van der Waals surface area contributed by atoms with E-state index in [1.807, 2.05) is 0 Å². The van der Waals surface area contributed by atoms with Gasteiger partial charge in [-0.15, -0.1) is 0 Å². The summed E-state index contributed by atoms with van der Waals surface area (Å²) in [5.74, 6) is -2.39. The average molecular weight is 324 g/mol. The van der Waals surface area contributed by atoms with E-state index in [2.05, 4.69) is 6.92 Å². The zero-order valence-electron chi connectivity index (χ0n) is 13.6. The Balaban J connectivity index is 2.32. The highest BCUT2D eigenvalue weighted by molar-refractivity contribution is 6.05. The molecule has 128 valence electrons. The van der Waals surface area contributed by atoms with Crippen LogP contribution in [0.2, 0.25) is 0 Å². The van der Waals surface area contributed by atoms with E-state index in [1.165, 1.54) is 44.2 Å². The largest absolute Gasteiger partial charge is 0.493 e. The molecular formula is C18H25FO4. The van der Waals surface area contributed by atoms with Gasteiger partial charge in [0, 0.05) is 6.07 Å². The van der Waals surface area contributed by atoms with Crippen molar-refractivity contribution in [3.63, 3.8) is 0 Å². The van der Waals surface area contributed by atoms with Crippen molar-refractivity contribution >= 4 is 11.8 Å². The van der Waals surface area contributed by atoms with E-state index in [1.54, 1.807) is 0 Å². The number of carboxylic acid groups (broad SMARTS) is 1. The Morgan fingerprint density at radius 1 is 1.09 bits per heavy atom. The number of carbonyl (C=O) groups is 2. The van der Waals surface area contributed by atoms with Crippen LogP contribution in [-0.2, 0) is 4.79 Å². The fourth-order valence-electron chi connectivity index (χ4n) is 2.29. The van der Waals surface area contributed by atoms with E-state index in [0.717, 1.165) is 18.9 Å². The highest BCUT2D eigenvalue weighted by atomic mass is 19.1. The number of halogens is 1. The number of hydrogen-bond acceptors (Lipinski definition) is 3. The Morgan fingerprint density at radius 3 is 2.35 bits per heavy atom. The van der Waals surface area contributed by atoms with Gasteiger partial charge in [0.1, 0.15) is 18.0 Å². The number of rotatable bonds is 12. The third-order valence-corrected chi connectivity index (χ3v) is 3.57. The normalized spacial score (nSPS) is 10.5. The van der Waals surface area contributed by atoms with Crippen molar-refractivity contribution in [2.24, 2.45) is 0 Å². The van der Waals surface area contributed by atoms with E-state index in [9.17, 15) is 14.0 Å². The zero-order chi connectivity index (χ0) is 17.1. The predicted molar refractivity (Wildman–Crippen MR) is 86.5 cm³/mol. The molecule has 0 aliphatic rings. The maximum Gasteiger partial charge on any atom is 0.311 e. The van der Waals surface area contributed by atoms with Gasteiger partial charge in [0.05, 0.1) is 12.2 Å². The van der Waals surface area contributed by atoms with Gasteiger partial charge in [0.2, 0.25) is 0 Å². The first-order valence-corrected chi connectivity index (χ1v) is 8.22. The number of carbonyl (C=O) groups excluding carboxylic acids is 1. The van der Waals surface area contributed by atoms with Crippen molar-refractivity contribution in [3.05, 3.63) is 29.6 Å². The Hall–Kier alpha value is -1.91. The van der Waals surface area contributed by atoms with Crippen molar-refractivity contribution in [1.29, 1.82) is 0 Å². The minimum absolute atomic E-state index is 0.212. The van der Waals surface area contributed by atoms with Crippen molar-refractivity contribution in [3.8, 4) is 5.75 Å². The Labute approximate surface area is 136 Å². The molecule has 0 atom stereocenters. The van der Waals surface area contributed by atoms with E-state index in [-0.39, 0.29) is 5.56 Å². The van der Waals surface area contributed by atoms with Gasteiger partial charge in [0.15, 0.2) is 5.78 Å². The zero-order valence-corrected chi connectivity index (χ0v) is 13.6. The number of unbranched alkanes of at least 4 members (excludes halogenated alkanes) is 6. The van der Waals surface area contributed by atoms with Gasteiger partial charge in [-0.25, -0.2) is 4.39 Å². The van der Waals surface area contributed by atoms with Crippen LogP contribution in [0, 0.1) is 5.82 Å². The van der Waals surface area contributed by atoms with E-state index in [4.69, 9.17) is 9.84 Å². The lowest BCUT2D eigenvalue weighted by Gasteiger charge is -2.08. The molecule has 0 spiro atoms. The molecule has 0 aliphatic heterocycles. The summed E-state index contributed by atoms with van der Waals surface area (Å²) in [6.07, 6.45) is 7.49. The first-order valence-electron chi connectivity index (χ1n) is 8.22. The molecule has 1 N–H and O–H groups in total. The van der Waals surface area contributed by atoms with E-state index in [0.29, 0.717) is 12.4 Å². The third kappa shape index (κ3) is 7.77. The lowest BCUT2D eigenvalue weighted by atomic mass is 10.1. The van der Waals surface area contributed by atoms with Gasteiger partial charge < -0.3 is 9.84 Å². The number of hydrogen-bond donors (Lipinski definition) is 1. The van der Waals surface area contributed by atoms with Crippen LogP contribution in [0.3, 0.4) is 0 Å². The lowest BCUT2D eigenvalue weighted by Crippen LogP contribution is -2.09. The second-order valence-electron chi connectivity index (χ2n) is 5.61. The number of ketones is 1. The standard InChI is InChI=1S/C18H25FO4/c1-2-3-4-5-6-7-8-11-23-14-9-10-15(16(19)12-14)17(20)13-18(21)22/h9-10,12H,2-8,11,13H2,1H3,(H,21,22). The first kappa shape index (κ1) is 19.1. The maximum atomic E-state index is 13.8. The molecule has 1 aromatic carbocycles. The minimum Gasteiger partial charge on any atom is -0.493 e. The van der Waals surface area contributed by atoms with Crippen LogP contribution in [0.15, 0.2) is 18.2 Å². The van der Waals surface area contributed by atoms with Gasteiger partial charge in [0.25, 0.3) is 0 Å². The maximum absolute atomic E-state index is 13.8. The Morgan fingerprint density at radius 2 is 1.74 bits per heavy atom. The summed E-state index contributed by atoms with van der Waals surface area (Å²) >= 11 is 0. The van der Waals surface area contributed by atoms with Crippen LogP contribution in [0.1, 0.15) is 68.6 Å². The Bertz CT molecular complexity index is 514. The second kappa shape index (κ2) is 10.8. The Kier molecular flexibility index (Phi) is 8.95. The van der Waals surface area contributed by atoms with Crippen molar-refractivity contribution < 1.29 is 23.8 Å². The van der Waals surface area contributed by atoms with Crippen LogP contribution in [0.5, 0.6) is 5.75 Å². The van der Waals surface area contributed by atoms with Crippen LogP contribution in [-0.4, -0.2) is 23.5 Å². The van der Waals surface area contributed by atoms with Crippen LogP contribution < -0.4 is 4.74 Å². The molecule has 23 heavy (non-hydrogen) atoms. The monoisotopic (exact) mass is 324 g/mol. The summed E-state index contributed by atoms with van der Waals surface area (Å²) < 4.78 is 19.3. The van der Waals surface area contributed by atoms with Crippen molar-refractivity contribution in [2.45, 2.75) is 58.3 Å². The molecule has 1 rings (SSSR count). The highest BCUT2D eigenvalue weighted by Crippen LogP contribution is 2.18. The molecule has 0 saturated heterocycles. The van der Waals surface area contributed by atoms with E-state index >= 15 is 0 Å². The molecule has 0 bridgehead atoms. The smallest absolute Gasteiger partial charge is 0.311 e. The second-order valence-corrected chi connectivity index (χ2v) is 5.61. The summed E-state index contributed by atoms with van der Waals surface area (Å²) in [7, 11) is 0. The quantitative estimate of drug-likeness (QED) is 0.346. The van der Waals surface area contributed by atoms with E-state index < -0.39 is 24.0 Å².